The number of nitrogens with zero attached hydrogens (tertiary/aromatic N) is 3. The van der Waals surface area contributed by atoms with Gasteiger partial charge in [-0.15, -0.1) is 0 Å². The number of benzene rings is 1. The van der Waals surface area contributed by atoms with E-state index in [1.165, 1.54) is 0 Å². The van der Waals surface area contributed by atoms with E-state index in [1.807, 2.05) is 61.8 Å². The van der Waals surface area contributed by atoms with Gasteiger partial charge in [-0.1, -0.05) is 19.1 Å². The van der Waals surface area contributed by atoms with Gasteiger partial charge in [0.05, 0.1) is 25.9 Å². The Kier molecular flexibility index (Phi) is 7.69. The van der Waals surface area contributed by atoms with E-state index < -0.39 is 0 Å². The first-order chi connectivity index (χ1) is 13.2. The van der Waals surface area contributed by atoms with Crippen molar-refractivity contribution < 1.29 is 14.3 Å². The molecule has 1 heterocycles. The Hall–Kier alpha value is -2.28. The predicted molar refractivity (Wildman–Crippen MR) is 112 cm³/mol. The summed E-state index contributed by atoms with van der Waals surface area (Å²) in [6, 6.07) is 7.95. The van der Waals surface area contributed by atoms with Crippen molar-refractivity contribution in [2.75, 3.05) is 57.8 Å². The molecule has 7 nitrogen and oxygen atoms in total. The number of carbonyl (C=O) groups is 2. The SMILES string of the molecule is CCN(CC(=O)NC(C)(C)C)CC(=O)N1CCN(c2ccccc2OC)CC1. The van der Waals surface area contributed by atoms with E-state index in [0.29, 0.717) is 19.6 Å². The number of likely N-dealkylation sites (N-methyl/N-ethyl adjacent to an activating group) is 1. The average Bonchev–Trinajstić information content (AvgIpc) is 2.66. The number of methoxy groups -OCH3 is 1. The quantitative estimate of drug-likeness (QED) is 0.766. The Labute approximate surface area is 168 Å². The standard InChI is InChI=1S/C21H34N4O3/c1-6-23(15-19(26)22-21(2,3)4)16-20(27)25-13-11-24(12-14-25)17-9-7-8-10-18(17)28-5/h7-10H,6,11-16H2,1-5H3,(H,22,26). The Bertz CT molecular complexity index is 664. The molecule has 0 atom stereocenters. The first-order valence-corrected chi connectivity index (χ1v) is 9.92. The summed E-state index contributed by atoms with van der Waals surface area (Å²) in [5.74, 6) is 0.873. The average molecular weight is 391 g/mol. The highest BCUT2D eigenvalue weighted by Crippen LogP contribution is 2.28. The maximum atomic E-state index is 12.7. The van der Waals surface area contributed by atoms with Crippen LogP contribution in [0.2, 0.25) is 0 Å². The largest absolute Gasteiger partial charge is 0.495 e. The molecule has 1 aliphatic rings. The fourth-order valence-electron chi connectivity index (χ4n) is 3.32. The number of hydrogen-bond donors (Lipinski definition) is 1. The highest BCUT2D eigenvalue weighted by atomic mass is 16.5. The molecule has 0 spiro atoms. The predicted octanol–water partition coefficient (Wildman–Crippen LogP) is 1.58. The van der Waals surface area contributed by atoms with E-state index in [1.54, 1.807) is 7.11 Å². The third-order valence-corrected chi connectivity index (χ3v) is 4.75. The van der Waals surface area contributed by atoms with Crippen LogP contribution in [0.5, 0.6) is 5.75 Å². The van der Waals surface area contributed by atoms with Crippen molar-refractivity contribution in [3.8, 4) is 5.75 Å². The number of piperazine rings is 1. The van der Waals surface area contributed by atoms with E-state index in [9.17, 15) is 9.59 Å². The van der Waals surface area contributed by atoms with E-state index in [-0.39, 0.29) is 30.4 Å². The summed E-state index contributed by atoms with van der Waals surface area (Å²) >= 11 is 0. The minimum Gasteiger partial charge on any atom is -0.495 e. The van der Waals surface area contributed by atoms with E-state index >= 15 is 0 Å². The summed E-state index contributed by atoms with van der Waals surface area (Å²) in [4.78, 5) is 30.9. The van der Waals surface area contributed by atoms with E-state index in [0.717, 1.165) is 24.5 Å². The number of para-hydroxylation sites is 2. The number of anilines is 1. The van der Waals surface area contributed by atoms with Crippen LogP contribution in [0.4, 0.5) is 5.69 Å². The fourth-order valence-corrected chi connectivity index (χ4v) is 3.32. The smallest absolute Gasteiger partial charge is 0.236 e. The fraction of sp³-hybridized carbons (Fsp3) is 0.619. The zero-order chi connectivity index (χ0) is 20.7. The van der Waals surface area contributed by atoms with Crippen molar-refractivity contribution in [1.82, 2.24) is 15.1 Å². The lowest BCUT2D eigenvalue weighted by Gasteiger charge is -2.37. The summed E-state index contributed by atoms with van der Waals surface area (Å²) < 4.78 is 5.44. The summed E-state index contributed by atoms with van der Waals surface area (Å²) in [6.07, 6.45) is 0. The van der Waals surface area contributed by atoms with Gasteiger partial charge in [-0.25, -0.2) is 0 Å². The normalized spacial score (nSPS) is 14.9. The second-order valence-electron chi connectivity index (χ2n) is 8.14. The number of amides is 2. The molecule has 1 aliphatic heterocycles. The monoisotopic (exact) mass is 390 g/mol. The first kappa shape index (κ1) is 22.0. The molecule has 1 fully saturated rings. The molecule has 7 heteroatoms. The molecule has 1 saturated heterocycles. The summed E-state index contributed by atoms with van der Waals surface area (Å²) in [6.45, 7) is 11.9. The lowest BCUT2D eigenvalue weighted by atomic mass is 10.1. The molecule has 28 heavy (non-hydrogen) atoms. The Morgan fingerprint density at radius 3 is 2.32 bits per heavy atom. The molecule has 0 unspecified atom stereocenters. The Balaban J connectivity index is 1.86. The second kappa shape index (κ2) is 9.78. The van der Waals surface area contributed by atoms with Gasteiger partial charge in [-0.2, -0.15) is 0 Å². The molecule has 0 saturated carbocycles. The third-order valence-electron chi connectivity index (χ3n) is 4.75. The molecule has 0 aliphatic carbocycles. The van der Waals surface area contributed by atoms with Crippen molar-refractivity contribution in [1.29, 1.82) is 0 Å². The van der Waals surface area contributed by atoms with E-state index in [2.05, 4.69) is 10.2 Å². The topological polar surface area (TPSA) is 65.1 Å². The van der Waals surface area contributed by atoms with Crippen molar-refractivity contribution in [2.45, 2.75) is 33.2 Å². The number of ether oxygens (including phenoxy) is 1. The van der Waals surface area contributed by atoms with Crippen LogP contribution in [-0.2, 0) is 9.59 Å². The highest BCUT2D eigenvalue weighted by molar-refractivity contribution is 5.81. The minimum atomic E-state index is -0.269. The zero-order valence-electron chi connectivity index (χ0n) is 17.8. The van der Waals surface area contributed by atoms with Gasteiger partial charge in [0.2, 0.25) is 11.8 Å². The van der Waals surface area contributed by atoms with Gasteiger partial charge in [0, 0.05) is 31.7 Å². The molecular formula is C21H34N4O3. The summed E-state index contributed by atoms with van der Waals surface area (Å²) in [7, 11) is 1.67. The van der Waals surface area contributed by atoms with Gasteiger partial charge in [0.15, 0.2) is 0 Å². The minimum absolute atomic E-state index is 0.0526. The molecule has 0 aromatic heterocycles. The highest BCUT2D eigenvalue weighted by Gasteiger charge is 2.25. The van der Waals surface area contributed by atoms with Crippen molar-refractivity contribution in [2.24, 2.45) is 0 Å². The van der Waals surface area contributed by atoms with Gasteiger partial charge in [-0.05, 0) is 39.4 Å². The second-order valence-corrected chi connectivity index (χ2v) is 8.14. The molecule has 0 bridgehead atoms. The molecule has 2 rings (SSSR count). The van der Waals surface area contributed by atoms with Crippen LogP contribution in [0.15, 0.2) is 24.3 Å². The van der Waals surface area contributed by atoms with Crippen LogP contribution < -0.4 is 15.0 Å². The van der Waals surface area contributed by atoms with Crippen LogP contribution in [0, 0.1) is 0 Å². The lowest BCUT2D eigenvalue weighted by Crippen LogP contribution is -2.52. The number of nitrogens with one attached hydrogen (secondary N) is 1. The third kappa shape index (κ3) is 6.41. The van der Waals surface area contributed by atoms with Crippen molar-refractivity contribution in [3.05, 3.63) is 24.3 Å². The van der Waals surface area contributed by atoms with Crippen LogP contribution in [-0.4, -0.2) is 80.1 Å². The van der Waals surface area contributed by atoms with Crippen molar-refractivity contribution in [3.63, 3.8) is 0 Å². The van der Waals surface area contributed by atoms with Gasteiger partial charge in [-0.3, -0.25) is 14.5 Å². The summed E-state index contributed by atoms with van der Waals surface area (Å²) in [5.41, 5.74) is 0.793. The van der Waals surface area contributed by atoms with Crippen LogP contribution >= 0.6 is 0 Å². The van der Waals surface area contributed by atoms with Gasteiger partial charge in [0.25, 0.3) is 0 Å². The van der Waals surface area contributed by atoms with Gasteiger partial charge < -0.3 is 19.9 Å². The first-order valence-electron chi connectivity index (χ1n) is 9.92. The van der Waals surface area contributed by atoms with Gasteiger partial charge in [0.1, 0.15) is 5.75 Å². The molecule has 0 radical (unpaired) electrons. The molecule has 2 amide bonds. The lowest BCUT2D eigenvalue weighted by molar-refractivity contribution is -0.133. The summed E-state index contributed by atoms with van der Waals surface area (Å²) in [5, 5.41) is 2.95. The van der Waals surface area contributed by atoms with Crippen LogP contribution in [0.3, 0.4) is 0 Å². The Morgan fingerprint density at radius 2 is 1.75 bits per heavy atom. The number of rotatable bonds is 7. The number of carbonyl (C=O) groups excluding carboxylic acids is 2. The van der Waals surface area contributed by atoms with Crippen LogP contribution in [0.25, 0.3) is 0 Å². The molecular weight excluding hydrogens is 356 g/mol. The Morgan fingerprint density at radius 1 is 1.11 bits per heavy atom. The van der Waals surface area contributed by atoms with E-state index in [4.69, 9.17) is 4.74 Å². The molecule has 156 valence electrons. The van der Waals surface area contributed by atoms with Crippen molar-refractivity contribution >= 4 is 17.5 Å². The molecule has 1 N–H and O–H groups in total. The molecule has 1 aromatic rings. The zero-order valence-corrected chi connectivity index (χ0v) is 17.8. The number of hydrogen-bond acceptors (Lipinski definition) is 5. The van der Waals surface area contributed by atoms with Gasteiger partial charge >= 0.3 is 0 Å². The maximum Gasteiger partial charge on any atom is 0.236 e. The molecule has 1 aromatic carbocycles. The maximum absolute atomic E-state index is 12.7. The van der Waals surface area contributed by atoms with Crippen LogP contribution in [0.1, 0.15) is 27.7 Å².